The molecule has 1 unspecified atom stereocenters. The Morgan fingerprint density at radius 1 is 1.44 bits per heavy atom. The summed E-state index contributed by atoms with van der Waals surface area (Å²) in [5.74, 6) is 0.0929. The van der Waals surface area contributed by atoms with Crippen LogP contribution in [0.4, 0.5) is 11.4 Å². The van der Waals surface area contributed by atoms with Crippen LogP contribution in [0.15, 0.2) is 18.2 Å². The Balaban J connectivity index is 1.70. The van der Waals surface area contributed by atoms with Gasteiger partial charge in [-0.2, -0.15) is 0 Å². The summed E-state index contributed by atoms with van der Waals surface area (Å²) in [7, 11) is 0. The number of carbonyl (C=O) groups excluding carboxylic acids is 1. The molecule has 1 aromatic rings. The van der Waals surface area contributed by atoms with Crippen LogP contribution in [0, 0.1) is 5.92 Å². The zero-order valence-electron chi connectivity index (χ0n) is 10.4. The molecule has 2 aliphatic rings. The summed E-state index contributed by atoms with van der Waals surface area (Å²) in [6, 6.07) is 6.09. The molecule has 2 N–H and O–H groups in total. The van der Waals surface area contributed by atoms with E-state index in [1.807, 2.05) is 6.07 Å². The molecule has 1 aromatic carbocycles. The SMILES string of the molecule is O=C(Nc1ccc2c(c1)CCCN2)C1CCOC1. The predicted octanol–water partition coefficient (Wildman–Crippen LogP) is 2.02. The molecule has 1 saturated heterocycles. The van der Waals surface area contributed by atoms with Crippen molar-refractivity contribution in [1.82, 2.24) is 0 Å². The number of anilines is 2. The van der Waals surface area contributed by atoms with Crippen LogP contribution in [0.2, 0.25) is 0 Å². The van der Waals surface area contributed by atoms with Crippen molar-refractivity contribution in [2.24, 2.45) is 5.92 Å². The highest BCUT2D eigenvalue weighted by Gasteiger charge is 2.23. The Morgan fingerprint density at radius 3 is 3.22 bits per heavy atom. The number of nitrogens with one attached hydrogen (secondary N) is 2. The lowest BCUT2D eigenvalue weighted by Crippen LogP contribution is -2.23. The molecule has 4 heteroatoms. The Morgan fingerprint density at radius 2 is 2.39 bits per heavy atom. The fourth-order valence-corrected chi connectivity index (χ4v) is 2.54. The molecule has 0 aliphatic carbocycles. The van der Waals surface area contributed by atoms with Gasteiger partial charge in [0.15, 0.2) is 0 Å². The Hall–Kier alpha value is -1.55. The second kappa shape index (κ2) is 4.98. The maximum atomic E-state index is 12.0. The molecule has 0 aromatic heterocycles. The number of ether oxygens (including phenoxy) is 1. The lowest BCUT2D eigenvalue weighted by molar-refractivity contribution is -0.119. The monoisotopic (exact) mass is 246 g/mol. The molecule has 96 valence electrons. The maximum absolute atomic E-state index is 12.0. The number of hydrogen-bond acceptors (Lipinski definition) is 3. The van der Waals surface area contributed by atoms with Crippen molar-refractivity contribution in [2.45, 2.75) is 19.3 Å². The predicted molar refractivity (Wildman–Crippen MR) is 70.8 cm³/mol. The average molecular weight is 246 g/mol. The van der Waals surface area contributed by atoms with Gasteiger partial charge in [-0.3, -0.25) is 4.79 Å². The van der Waals surface area contributed by atoms with Crippen LogP contribution in [-0.2, 0) is 16.0 Å². The molecule has 3 rings (SSSR count). The normalized spacial score (nSPS) is 22.1. The van der Waals surface area contributed by atoms with Crippen LogP contribution < -0.4 is 10.6 Å². The van der Waals surface area contributed by atoms with Gasteiger partial charge in [-0.1, -0.05) is 0 Å². The van der Waals surface area contributed by atoms with E-state index in [1.54, 1.807) is 0 Å². The van der Waals surface area contributed by atoms with Gasteiger partial charge in [0, 0.05) is 24.5 Å². The van der Waals surface area contributed by atoms with Crippen LogP contribution >= 0.6 is 0 Å². The van der Waals surface area contributed by atoms with Crippen molar-refractivity contribution in [2.75, 3.05) is 30.4 Å². The van der Waals surface area contributed by atoms with Gasteiger partial charge in [-0.25, -0.2) is 0 Å². The first-order chi connectivity index (χ1) is 8.83. The van der Waals surface area contributed by atoms with Crippen molar-refractivity contribution in [3.05, 3.63) is 23.8 Å². The van der Waals surface area contributed by atoms with Gasteiger partial charge in [0.2, 0.25) is 5.91 Å². The number of amides is 1. The molecule has 0 saturated carbocycles. The van der Waals surface area contributed by atoms with Gasteiger partial charge in [-0.05, 0) is 43.0 Å². The Bertz CT molecular complexity index is 453. The molecule has 2 heterocycles. The smallest absolute Gasteiger partial charge is 0.229 e. The van der Waals surface area contributed by atoms with E-state index in [0.29, 0.717) is 13.2 Å². The molecule has 18 heavy (non-hydrogen) atoms. The minimum Gasteiger partial charge on any atom is -0.385 e. The molecule has 0 spiro atoms. The topological polar surface area (TPSA) is 50.4 Å². The van der Waals surface area contributed by atoms with Crippen LogP contribution in [0.25, 0.3) is 0 Å². The first-order valence-electron chi connectivity index (χ1n) is 6.58. The number of hydrogen-bond donors (Lipinski definition) is 2. The molecule has 4 nitrogen and oxygen atoms in total. The molecule has 1 atom stereocenters. The lowest BCUT2D eigenvalue weighted by Gasteiger charge is -2.19. The molecule has 0 radical (unpaired) electrons. The van der Waals surface area contributed by atoms with Gasteiger partial charge in [0.1, 0.15) is 0 Å². The van der Waals surface area contributed by atoms with Gasteiger partial charge in [0.25, 0.3) is 0 Å². The zero-order chi connectivity index (χ0) is 12.4. The number of carbonyl (C=O) groups is 1. The second-order valence-electron chi connectivity index (χ2n) is 4.95. The molecular formula is C14H18N2O2. The van der Waals surface area contributed by atoms with E-state index in [9.17, 15) is 4.79 Å². The summed E-state index contributed by atoms with van der Waals surface area (Å²) in [6.07, 6.45) is 3.07. The average Bonchev–Trinajstić information content (AvgIpc) is 2.92. The number of aryl methyl sites for hydroxylation is 1. The molecule has 2 aliphatic heterocycles. The van der Waals surface area contributed by atoms with Crippen molar-refractivity contribution in [3.8, 4) is 0 Å². The number of benzene rings is 1. The first-order valence-corrected chi connectivity index (χ1v) is 6.58. The van der Waals surface area contributed by atoms with Crippen molar-refractivity contribution < 1.29 is 9.53 Å². The van der Waals surface area contributed by atoms with E-state index in [2.05, 4.69) is 22.8 Å². The summed E-state index contributed by atoms with van der Waals surface area (Å²) in [6.45, 7) is 2.29. The maximum Gasteiger partial charge on any atom is 0.229 e. The second-order valence-corrected chi connectivity index (χ2v) is 4.95. The van der Waals surface area contributed by atoms with E-state index >= 15 is 0 Å². The summed E-state index contributed by atoms with van der Waals surface area (Å²) in [5.41, 5.74) is 3.39. The fraction of sp³-hybridized carbons (Fsp3) is 0.500. The standard InChI is InChI=1S/C14H18N2O2/c17-14(11-5-7-18-9-11)16-12-3-4-13-10(8-12)2-1-6-15-13/h3-4,8,11,15H,1-2,5-7,9H2,(H,16,17). The number of fused-ring (bicyclic) bond motifs is 1. The van der Waals surface area contributed by atoms with Crippen molar-refractivity contribution in [3.63, 3.8) is 0 Å². The van der Waals surface area contributed by atoms with E-state index in [4.69, 9.17) is 4.74 Å². The van der Waals surface area contributed by atoms with Crippen molar-refractivity contribution >= 4 is 17.3 Å². The van der Waals surface area contributed by atoms with E-state index in [-0.39, 0.29) is 11.8 Å². The first kappa shape index (κ1) is 11.5. The quantitative estimate of drug-likeness (QED) is 0.839. The molecule has 1 fully saturated rings. The van der Waals surface area contributed by atoms with Crippen LogP contribution in [0.1, 0.15) is 18.4 Å². The van der Waals surface area contributed by atoms with Gasteiger partial charge in [-0.15, -0.1) is 0 Å². The summed E-state index contributed by atoms with van der Waals surface area (Å²) >= 11 is 0. The van der Waals surface area contributed by atoms with Crippen molar-refractivity contribution in [1.29, 1.82) is 0 Å². The fourth-order valence-electron chi connectivity index (χ4n) is 2.54. The van der Waals surface area contributed by atoms with E-state index in [0.717, 1.165) is 31.5 Å². The van der Waals surface area contributed by atoms with E-state index < -0.39 is 0 Å². The molecular weight excluding hydrogens is 228 g/mol. The Kier molecular flexibility index (Phi) is 3.19. The third-order valence-electron chi connectivity index (χ3n) is 3.61. The minimum atomic E-state index is 0.0131. The van der Waals surface area contributed by atoms with Crippen LogP contribution in [0.5, 0.6) is 0 Å². The lowest BCUT2D eigenvalue weighted by atomic mass is 10.0. The van der Waals surface area contributed by atoms with Gasteiger partial charge >= 0.3 is 0 Å². The van der Waals surface area contributed by atoms with Crippen LogP contribution in [-0.4, -0.2) is 25.7 Å². The third-order valence-corrected chi connectivity index (χ3v) is 3.61. The van der Waals surface area contributed by atoms with Gasteiger partial charge in [0.05, 0.1) is 12.5 Å². The Labute approximate surface area is 107 Å². The molecule has 1 amide bonds. The highest BCUT2D eigenvalue weighted by atomic mass is 16.5. The summed E-state index contributed by atoms with van der Waals surface area (Å²) in [4.78, 5) is 12.0. The van der Waals surface area contributed by atoms with E-state index in [1.165, 1.54) is 11.3 Å². The minimum absolute atomic E-state index is 0.0131. The highest BCUT2D eigenvalue weighted by molar-refractivity contribution is 5.93. The van der Waals surface area contributed by atoms with Crippen LogP contribution in [0.3, 0.4) is 0 Å². The zero-order valence-corrected chi connectivity index (χ0v) is 10.4. The molecule has 0 bridgehead atoms. The van der Waals surface area contributed by atoms with Gasteiger partial charge < -0.3 is 15.4 Å². The summed E-state index contributed by atoms with van der Waals surface area (Å²) in [5, 5.41) is 6.35. The highest BCUT2D eigenvalue weighted by Crippen LogP contribution is 2.25. The largest absolute Gasteiger partial charge is 0.385 e. The number of rotatable bonds is 2. The summed E-state index contributed by atoms with van der Waals surface area (Å²) < 4.78 is 5.24. The third kappa shape index (κ3) is 2.34.